The van der Waals surface area contributed by atoms with E-state index in [2.05, 4.69) is 5.92 Å². The first kappa shape index (κ1) is 20.6. The van der Waals surface area contributed by atoms with Gasteiger partial charge in [0.05, 0.1) is 12.3 Å². The summed E-state index contributed by atoms with van der Waals surface area (Å²) < 4.78 is 25.1. The quantitative estimate of drug-likeness (QED) is 0.451. The highest BCUT2D eigenvalue weighted by atomic mass is 19.1. The smallest absolute Gasteiger partial charge is 0.336 e. The van der Waals surface area contributed by atoms with E-state index in [0.717, 1.165) is 6.07 Å². The van der Waals surface area contributed by atoms with Crippen LogP contribution in [0.3, 0.4) is 0 Å². The molecule has 30 heavy (non-hydrogen) atoms. The molecule has 1 aliphatic rings. The molecular formula is C22H17FN2O5. The molecule has 8 heteroatoms. The summed E-state index contributed by atoms with van der Waals surface area (Å²) in [5.41, 5.74) is -0.156. The van der Waals surface area contributed by atoms with E-state index in [9.17, 15) is 18.8 Å². The van der Waals surface area contributed by atoms with Gasteiger partial charge in [-0.25, -0.2) is 14.1 Å². The van der Waals surface area contributed by atoms with Crippen molar-refractivity contribution in [2.75, 3.05) is 18.1 Å². The van der Waals surface area contributed by atoms with Crippen molar-refractivity contribution >= 4 is 29.6 Å². The van der Waals surface area contributed by atoms with Crippen molar-refractivity contribution in [3.63, 3.8) is 0 Å². The number of carbonyl (C=O) groups is 3. The molecular weight excluding hydrogens is 391 g/mol. The lowest BCUT2D eigenvalue weighted by atomic mass is 10.1. The highest BCUT2D eigenvalue weighted by Gasteiger charge is 2.37. The number of nitrogens with zero attached hydrogens (tertiary/aromatic N) is 1. The van der Waals surface area contributed by atoms with Gasteiger partial charge in [-0.2, -0.15) is 0 Å². The molecule has 0 unspecified atom stereocenters. The zero-order valence-corrected chi connectivity index (χ0v) is 16.0. The Kier molecular flexibility index (Phi) is 6.13. The molecule has 0 spiro atoms. The third kappa shape index (κ3) is 4.15. The van der Waals surface area contributed by atoms with Crippen LogP contribution in [-0.4, -0.2) is 31.1 Å². The molecule has 152 valence electrons. The van der Waals surface area contributed by atoms with Gasteiger partial charge in [0, 0.05) is 0 Å². The lowest BCUT2D eigenvalue weighted by molar-refractivity contribution is -0.122. The van der Waals surface area contributed by atoms with E-state index in [1.807, 2.05) is 5.32 Å². The Morgan fingerprint density at radius 3 is 2.60 bits per heavy atom. The molecule has 0 bridgehead atoms. The first-order valence-electron chi connectivity index (χ1n) is 8.95. The van der Waals surface area contributed by atoms with Crippen LogP contribution in [0, 0.1) is 18.2 Å². The fraction of sp³-hybridized carbons (Fsp3) is 0.136. The van der Waals surface area contributed by atoms with E-state index < -0.39 is 23.7 Å². The van der Waals surface area contributed by atoms with E-state index >= 15 is 0 Å². The highest BCUT2D eigenvalue weighted by molar-refractivity contribution is 6.39. The number of amides is 4. The molecule has 0 radical (unpaired) electrons. The lowest BCUT2D eigenvalue weighted by Gasteiger charge is -2.26. The van der Waals surface area contributed by atoms with E-state index in [1.165, 1.54) is 24.3 Å². The van der Waals surface area contributed by atoms with Crippen molar-refractivity contribution in [2.45, 2.75) is 6.92 Å². The number of hydrogen-bond acceptors (Lipinski definition) is 5. The molecule has 0 aromatic heterocycles. The number of terminal acetylenes is 1. The maximum atomic E-state index is 14.1. The average molecular weight is 408 g/mol. The molecule has 1 N–H and O–H groups in total. The predicted molar refractivity (Wildman–Crippen MR) is 107 cm³/mol. The number of imide groups is 2. The highest BCUT2D eigenvalue weighted by Crippen LogP contribution is 2.30. The minimum absolute atomic E-state index is 0.0428. The van der Waals surface area contributed by atoms with Gasteiger partial charge in [0.1, 0.15) is 18.0 Å². The van der Waals surface area contributed by atoms with Crippen molar-refractivity contribution < 1.29 is 28.2 Å². The van der Waals surface area contributed by atoms with Crippen LogP contribution in [-0.2, 0) is 9.59 Å². The number of rotatable bonds is 6. The fourth-order valence-electron chi connectivity index (χ4n) is 2.80. The van der Waals surface area contributed by atoms with Crippen molar-refractivity contribution in [1.82, 2.24) is 5.32 Å². The van der Waals surface area contributed by atoms with E-state index in [0.29, 0.717) is 28.6 Å². The van der Waals surface area contributed by atoms with Crippen LogP contribution in [0.1, 0.15) is 12.5 Å². The van der Waals surface area contributed by atoms with Crippen LogP contribution in [0.2, 0.25) is 0 Å². The minimum atomic E-state index is -1.03. The molecule has 0 atom stereocenters. The monoisotopic (exact) mass is 408 g/mol. The Labute approximate surface area is 172 Å². The van der Waals surface area contributed by atoms with Crippen LogP contribution in [0.25, 0.3) is 6.08 Å². The largest absolute Gasteiger partial charge is 0.490 e. The van der Waals surface area contributed by atoms with Crippen molar-refractivity contribution in [3.8, 4) is 23.8 Å². The standard InChI is InChI=1S/C22H17FN2O5/c1-3-11-30-18-10-9-14(13-19(18)29-4-2)12-15-20(26)24-22(28)25(21(15)27)17-8-6-5-7-16(17)23/h1,5-10,12-13H,4,11H2,2H3,(H,24,26,28). The fourth-order valence-corrected chi connectivity index (χ4v) is 2.80. The Morgan fingerprint density at radius 2 is 1.90 bits per heavy atom. The van der Waals surface area contributed by atoms with Gasteiger partial charge in [-0.1, -0.05) is 24.1 Å². The van der Waals surface area contributed by atoms with Crippen molar-refractivity contribution in [3.05, 3.63) is 59.4 Å². The number of urea groups is 1. The normalized spacial score (nSPS) is 15.0. The molecule has 3 rings (SSSR count). The topological polar surface area (TPSA) is 84.9 Å². The van der Waals surface area contributed by atoms with Gasteiger partial charge >= 0.3 is 6.03 Å². The maximum absolute atomic E-state index is 14.1. The number of carbonyl (C=O) groups excluding carboxylic acids is 3. The minimum Gasteiger partial charge on any atom is -0.490 e. The summed E-state index contributed by atoms with van der Waals surface area (Å²) in [4.78, 5) is 37.9. The molecule has 0 aliphatic carbocycles. The van der Waals surface area contributed by atoms with Gasteiger partial charge in [0.2, 0.25) is 0 Å². The summed E-state index contributed by atoms with van der Waals surface area (Å²) in [7, 11) is 0. The first-order valence-corrected chi connectivity index (χ1v) is 8.95. The van der Waals surface area contributed by atoms with Gasteiger partial charge < -0.3 is 9.47 Å². The third-order valence-corrected chi connectivity index (χ3v) is 4.08. The Morgan fingerprint density at radius 1 is 1.13 bits per heavy atom. The third-order valence-electron chi connectivity index (χ3n) is 4.08. The van der Waals surface area contributed by atoms with Crippen LogP contribution >= 0.6 is 0 Å². The van der Waals surface area contributed by atoms with E-state index in [1.54, 1.807) is 25.1 Å². The second-order valence-electron chi connectivity index (χ2n) is 6.04. The van der Waals surface area contributed by atoms with Crippen LogP contribution in [0.4, 0.5) is 14.9 Å². The number of barbiturate groups is 1. The molecule has 1 fully saturated rings. The van der Waals surface area contributed by atoms with Crippen molar-refractivity contribution in [1.29, 1.82) is 0 Å². The number of hydrogen-bond donors (Lipinski definition) is 1. The number of para-hydroxylation sites is 1. The summed E-state index contributed by atoms with van der Waals surface area (Å²) in [5, 5.41) is 2.05. The molecule has 0 saturated carbocycles. The molecule has 2 aromatic rings. The summed E-state index contributed by atoms with van der Waals surface area (Å²) in [6, 6.07) is 8.98. The van der Waals surface area contributed by atoms with E-state index in [-0.39, 0.29) is 17.9 Å². The molecule has 4 amide bonds. The summed E-state index contributed by atoms with van der Waals surface area (Å²) in [6.07, 6.45) is 6.48. The van der Waals surface area contributed by atoms with Gasteiger partial charge in [-0.15, -0.1) is 6.42 Å². The van der Waals surface area contributed by atoms with Gasteiger partial charge in [0.15, 0.2) is 11.5 Å². The number of ether oxygens (including phenoxy) is 2. The number of anilines is 1. The Balaban J connectivity index is 1.99. The van der Waals surface area contributed by atoms with Gasteiger partial charge in [-0.3, -0.25) is 14.9 Å². The second kappa shape index (κ2) is 8.92. The molecule has 1 aliphatic heterocycles. The Bertz CT molecular complexity index is 1090. The van der Waals surface area contributed by atoms with E-state index in [4.69, 9.17) is 15.9 Å². The number of benzene rings is 2. The molecule has 2 aromatic carbocycles. The van der Waals surface area contributed by atoms with Crippen LogP contribution < -0.4 is 19.7 Å². The van der Waals surface area contributed by atoms with Crippen molar-refractivity contribution in [2.24, 2.45) is 0 Å². The summed E-state index contributed by atoms with van der Waals surface area (Å²) in [5.74, 6) is 0.516. The number of halogens is 1. The Hall–Kier alpha value is -4.12. The first-order chi connectivity index (χ1) is 14.5. The molecule has 1 heterocycles. The second-order valence-corrected chi connectivity index (χ2v) is 6.04. The zero-order chi connectivity index (χ0) is 21.7. The average Bonchev–Trinajstić information content (AvgIpc) is 2.72. The van der Waals surface area contributed by atoms with Gasteiger partial charge in [-0.05, 0) is 42.8 Å². The zero-order valence-electron chi connectivity index (χ0n) is 16.0. The molecule has 1 saturated heterocycles. The lowest BCUT2D eigenvalue weighted by Crippen LogP contribution is -2.54. The predicted octanol–water partition coefficient (Wildman–Crippen LogP) is 2.90. The van der Waals surface area contributed by atoms with Crippen LogP contribution in [0.5, 0.6) is 11.5 Å². The summed E-state index contributed by atoms with van der Waals surface area (Å²) in [6.45, 7) is 2.18. The SMILES string of the molecule is C#CCOc1ccc(C=C2C(=O)NC(=O)N(c3ccccc3F)C2=O)cc1OCC. The maximum Gasteiger partial charge on any atom is 0.336 e. The number of nitrogens with one attached hydrogen (secondary N) is 1. The van der Waals surface area contributed by atoms with Crippen LogP contribution in [0.15, 0.2) is 48.0 Å². The molecule has 7 nitrogen and oxygen atoms in total. The summed E-state index contributed by atoms with van der Waals surface area (Å²) >= 11 is 0. The van der Waals surface area contributed by atoms with Gasteiger partial charge in [0.25, 0.3) is 11.8 Å².